The second-order valence-electron chi connectivity index (χ2n) is 8.77. The highest BCUT2D eigenvalue weighted by Crippen LogP contribution is 2.24. The zero-order valence-electron chi connectivity index (χ0n) is 21.0. The van der Waals surface area contributed by atoms with E-state index in [-0.39, 0.29) is 16.8 Å². The number of nitrogens with one attached hydrogen (secondary N) is 1. The van der Waals surface area contributed by atoms with Crippen LogP contribution in [-0.4, -0.2) is 68.8 Å². The predicted molar refractivity (Wildman–Crippen MR) is 139 cm³/mol. The van der Waals surface area contributed by atoms with Crippen LogP contribution in [0.5, 0.6) is 0 Å². The van der Waals surface area contributed by atoms with Crippen LogP contribution < -0.4 is 10.2 Å². The molecule has 1 heterocycles. The first kappa shape index (κ1) is 26.7. The van der Waals surface area contributed by atoms with Gasteiger partial charge < -0.3 is 10.2 Å². The van der Waals surface area contributed by atoms with Crippen LogP contribution in [-0.2, 0) is 14.8 Å². The first-order chi connectivity index (χ1) is 16.7. The quantitative estimate of drug-likeness (QED) is 0.600. The number of nitrogens with zero attached hydrogens (tertiary/aromatic N) is 4. The van der Waals surface area contributed by atoms with E-state index in [1.54, 1.807) is 25.1 Å². The van der Waals surface area contributed by atoms with Crippen molar-refractivity contribution in [2.45, 2.75) is 45.1 Å². The molecule has 1 unspecified atom stereocenters. The molecule has 3 rings (SSSR count). The summed E-state index contributed by atoms with van der Waals surface area (Å²) in [6, 6.07) is 14.4. The largest absolute Gasteiger partial charge is 0.370 e. The van der Waals surface area contributed by atoms with Gasteiger partial charge in [-0.15, -0.1) is 0 Å². The molecule has 1 atom stereocenters. The van der Waals surface area contributed by atoms with Crippen LogP contribution in [0.4, 0.5) is 11.4 Å². The van der Waals surface area contributed by atoms with E-state index in [2.05, 4.69) is 21.2 Å². The Labute approximate surface area is 209 Å². The Balaban J connectivity index is 1.67. The number of carbonyl (C=O) groups is 1. The second-order valence-corrected chi connectivity index (χ2v) is 10.7. The maximum atomic E-state index is 13.1. The number of hydrogen-bond acceptors (Lipinski definition) is 6. The topological polar surface area (TPSA) is 96.8 Å². The average Bonchev–Trinajstić information content (AvgIpc) is 3.11. The molecule has 0 radical (unpaired) electrons. The van der Waals surface area contributed by atoms with Crippen molar-refractivity contribution in [2.24, 2.45) is 0 Å². The van der Waals surface area contributed by atoms with E-state index in [9.17, 15) is 13.2 Å². The zero-order valence-corrected chi connectivity index (χ0v) is 21.8. The van der Waals surface area contributed by atoms with Gasteiger partial charge in [0.15, 0.2) is 0 Å². The number of nitriles is 1. The molecule has 35 heavy (non-hydrogen) atoms. The number of aryl methyl sites for hydroxylation is 1. The van der Waals surface area contributed by atoms with Gasteiger partial charge >= 0.3 is 0 Å². The van der Waals surface area contributed by atoms with Crippen LogP contribution in [0.25, 0.3) is 0 Å². The molecule has 1 fully saturated rings. The third-order valence-corrected chi connectivity index (χ3v) is 8.79. The minimum Gasteiger partial charge on any atom is -0.370 e. The van der Waals surface area contributed by atoms with Gasteiger partial charge in [-0.05, 0) is 62.2 Å². The van der Waals surface area contributed by atoms with Gasteiger partial charge in [-0.3, -0.25) is 9.69 Å². The molecule has 1 saturated heterocycles. The van der Waals surface area contributed by atoms with Gasteiger partial charge in [-0.1, -0.05) is 19.9 Å². The highest BCUT2D eigenvalue weighted by molar-refractivity contribution is 7.89. The molecule has 1 aliphatic heterocycles. The van der Waals surface area contributed by atoms with E-state index in [0.717, 1.165) is 38.3 Å². The fraction of sp³-hybridized carbons (Fsp3) is 0.462. The smallest absolute Gasteiger partial charge is 0.243 e. The van der Waals surface area contributed by atoms with E-state index in [0.29, 0.717) is 29.9 Å². The van der Waals surface area contributed by atoms with Crippen molar-refractivity contribution >= 4 is 27.3 Å². The molecule has 0 bridgehead atoms. The Morgan fingerprint density at radius 2 is 1.77 bits per heavy atom. The van der Waals surface area contributed by atoms with E-state index >= 15 is 0 Å². The van der Waals surface area contributed by atoms with Gasteiger partial charge in [0.25, 0.3) is 0 Å². The normalized spacial score (nSPS) is 15.9. The van der Waals surface area contributed by atoms with Crippen LogP contribution in [0.1, 0.15) is 38.3 Å². The summed E-state index contributed by atoms with van der Waals surface area (Å²) < 4.78 is 27.5. The summed E-state index contributed by atoms with van der Waals surface area (Å²) in [5.74, 6) is -0.160. The van der Waals surface area contributed by atoms with Crippen molar-refractivity contribution in [2.75, 3.05) is 49.5 Å². The number of anilines is 2. The molecular weight excluding hydrogens is 462 g/mol. The van der Waals surface area contributed by atoms with Crippen molar-refractivity contribution in [1.29, 1.82) is 5.26 Å². The summed E-state index contributed by atoms with van der Waals surface area (Å²) >= 11 is 0. The molecule has 2 aromatic rings. The lowest BCUT2D eigenvalue weighted by atomic mass is 10.2. The average molecular weight is 498 g/mol. The third-order valence-electron chi connectivity index (χ3n) is 6.60. The summed E-state index contributed by atoms with van der Waals surface area (Å²) in [5, 5.41) is 11.9. The lowest BCUT2D eigenvalue weighted by Gasteiger charge is -2.27. The van der Waals surface area contributed by atoms with E-state index in [1.165, 1.54) is 4.31 Å². The predicted octanol–water partition coefficient (Wildman–Crippen LogP) is 3.44. The summed E-state index contributed by atoms with van der Waals surface area (Å²) in [6.07, 6.45) is 0.911. The van der Waals surface area contributed by atoms with E-state index in [4.69, 9.17) is 5.26 Å². The summed E-state index contributed by atoms with van der Waals surface area (Å²) in [7, 11) is -3.62. The molecule has 1 aliphatic rings. The monoisotopic (exact) mass is 497 g/mol. The fourth-order valence-corrected chi connectivity index (χ4v) is 6.11. The second kappa shape index (κ2) is 11.7. The molecule has 0 spiro atoms. The standard InChI is InChI=1S/C26H35N5O3S/c1-5-31(6-2)35(33,34)25-18-23(11-8-20(25)3)28-26(32)21(4)29-14-7-15-30(17-16-29)24-12-9-22(19-27)10-13-24/h8-13,18,21H,5-7,14-17H2,1-4H3,(H,28,32). The highest BCUT2D eigenvalue weighted by atomic mass is 32.2. The first-order valence-corrected chi connectivity index (χ1v) is 13.6. The molecule has 0 aromatic heterocycles. The van der Waals surface area contributed by atoms with Crippen molar-refractivity contribution < 1.29 is 13.2 Å². The van der Waals surface area contributed by atoms with Crippen molar-refractivity contribution in [3.05, 3.63) is 53.6 Å². The van der Waals surface area contributed by atoms with Gasteiger partial charge in [0.2, 0.25) is 15.9 Å². The number of amides is 1. The van der Waals surface area contributed by atoms with Crippen LogP contribution in [0.2, 0.25) is 0 Å². The Morgan fingerprint density at radius 1 is 1.09 bits per heavy atom. The first-order valence-electron chi connectivity index (χ1n) is 12.1. The highest BCUT2D eigenvalue weighted by Gasteiger charge is 2.26. The lowest BCUT2D eigenvalue weighted by molar-refractivity contribution is -0.120. The number of carbonyl (C=O) groups excluding carboxylic acids is 1. The van der Waals surface area contributed by atoms with Crippen LogP contribution >= 0.6 is 0 Å². The Bertz CT molecular complexity index is 1170. The molecule has 188 valence electrons. The van der Waals surface area contributed by atoms with Crippen LogP contribution in [0, 0.1) is 18.3 Å². The Kier molecular flexibility index (Phi) is 8.89. The Hall–Kier alpha value is -2.93. The molecule has 2 aromatic carbocycles. The maximum Gasteiger partial charge on any atom is 0.243 e. The van der Waals surface area contributed by atoms with Gasteiger partial charge in [0, 0.05) is 50.6 Å². The summed E-state index contributed by atoms with van der Waals surface area (Å²) in [4.78, 5) is 17.7. The molecule has 0 aliphatic carbocycles. The molecule has 1 N–H and O–H groups in total. The summed E-state index contributed by atoms with van der Waals surface area (Å²) in [6.45, 7) is 11.2. The number of benzene rings is 2. The minimum absolute atomic E-state index is 0.160. The van der Waals surface area contributed by atoms with Crippen molar-refractivity contribution in [1.82, 2.24) is 9.21 Å². The molecule has 0 saturated carbocycles. The van der Waals surface area contributed by atoms with Crippen molar-refractivity contribution in [3.63, 3.8) is 0 Å². The van der Waals surface area contributed by atoms with Gasteiger partial charge in [0.1, 0.15) is 0 Å². The van der Waals surface area contributed by atoms with E-state index < -0.39 is 10.0 Å². The Morgan fingerprint density at radius 3 is 2.40 bits per heavy atom. The van der Waals surface area contributed by atoms with Crippen LogP contribution in [0.3, 0.4) is 0 Å². The SMILES string of the molecule is CCN(CC)S(=O)(=O)c1cc(NC(=O)C(C)N2CCCN(c3ccc(C#N)cc3)CC2)ccc1C. The summed E-state index contributed by atoms with van der Waals surface area (Å²) in [5.41, 5.74) is 2.84. The molecule has 8 nitrogen and oxygen atoms in total. The van der Waals surface area contributed by atoms with Gasteiger partial charge in [-0.25, -0.2) is 8.42 Å². The minimum atomic E-state index is -3.62. The number of rotatable bonds is 8. The molecule has 9 heteroatoms. The molecule has 1 amide bonds. The van der Waals surface area contributed by atoms with Gasteiger partial charge in [0.05, 0.1) is 22.6 Å². The molecular formula is C26H35N5O3S. The van der Waals surface area contributed by atoms with Crippen molar-refractivity contribution in [3.8, 4) is 6.07 Å². The zero-order chi connectivity index (χ0) is 25.6. The maximum absolute atomic E-state index is 13.1. The van der Waals surface area contributed by atoms with E-state index in [1.807, 2.05) is 45.0 Å². The van der Waals surface area contributed by atoms with Crippen LogP contribution in [0.15, 0.2) is 47.4 Å². The lowest BCUT2D eigenvalue weighted by Crippen LogP contribution is -2.44. The number of hydrogen-bond donors (Lipinski definition) is 1. The van der Waals surface area contributed by atoms with Gasteiger partial charge in [-0.2, -0.15) is 9.57 Å². The number of sulfonamides is 1. The fourth-order valence-electron chi connectivity index (χ4n) is 4.40. The third kappa shape index (κ3) is 6.20.